The molecule has 0 fully saturated rings. The van der Waals surface area contributed by atoms with Crippen molar-refractivity contribution in [2.24, 2.45) is 0 Å². The smallest absolute Gasteiger partial charge is 0.137 e. The van der Waals surface area contributed by atoms with Crippen molar-refractivity contribution >= 4 is 17.4 Å². The molecule has 4 aromatic rings. The summed E-state index contributed by atoms with van der Waals surface area (Å²) in [6.07, 6.45) is 9.77. The fraction of sp³-hybridized carbons (Fsp3) is 0.0526. The number of imidazole rings is 1. The van der Waals surface area contributed by atoms with Gasteiger partial charge in [0.1, 0.15) is 5.65 Å². The summed E-state index contributed by atoms with van der Waals surface area (Å²) < 4.78 is 2.12. The lowest BCUT2D eigenvalue weighted by Gasteiger charge is -2.06. The van der Waals surface area contributed by atoms with E-state index in [1.54, 1.807) is 18.0 Å². The molecule has 0 atom stereocenters. The summed E-state index contributed by atoms with van der Waals surface area (Å²) >= 11 is 1.75. The van der Waals surface area contributed by atoms with Gasteiger partial charge in [-0.25, -0.2) is 4.98 Å². The lowest BCUT2D eigenvalue weighted by Crippen LogP contribution is -1.90. The van der Waals surface area contributed by atoms with E-state index >= 15 is 0 Å². The summed E-state index contributed by atoms with van der Waals surface area (Å²) in [4.78, 5) is 9.96. The van der Waals surface area contributed by atoms with Gasteiger partial charge in [0.15, 0.2) is 0 Å². The van der Waals surface area contributed by atoms with Crippen LogP contribution in [0.15, 0.2) is 78.2 Å². The highest BCUT2D eigenvalue weighted by atomic mass is 32.2. The van der Waals surface area contributed by atoms with Crippen molar-refractivity contribution in [3.05, 3.63) is 73.3 Å². The van der Waals surface area contributed by atoms with Crippen LogP contribution in [0, 0.1) is 0 Å². The third-order valence-corrected chi connectivity index (χ3v) is 4.63. The maximum Gasteiger partial charge on any atom is 0.137 e. The van der Waals surface area contributed by atoms with Crippen LogP contribution >= 0.6 is 11.8 Å². The predicted molar refractivity (Wildman–Crippen MR) is 95.6 cm³/mol. The van der Waals surface area contributed by atoms with Crippen LogP contribution < -0.4 is 0 Å². The number of hydrogen-bond donors (Lipinski definition) is 0. The largest absolute Gasteiger partial charge is 0.299 e. The van der Waals surface area contributed by atoms with Crippen LogP contribution in [-0.4, -0.2) is 20.6 Å². The highest BCUT2D eigenvalue weighted by molar-refractivity contribution is 7.98. The van der Waals surface area contributed by atoms with Crippen molar-refractivity contribution in [2.45, 2.75) is 4.90 Å². The van der Waals surface area contributed by atoms with Crippen LogP contribution in [0.3, 0.4) is 0 Å². The number of aromatic nitrogens is 3. The third kappa shape index (κ3) is 2.62. The monoisotopic (exact) mass is 317 g/mol. The van der Waals surface area contributed by atoms with Gasteiger partial charge in [0, 0.05) is 29.0 Å². The van der Waals surface area contributed by atoms with Crippen molar-refractivity contribution in [3.63, 3.8) is 0 Å². The zero-order valence-corrected chi connectivity index (χ0v) is 13.5. The van der Waals surface area contributed by atoms with Gasteiger partial charge in [0.05, 0.1) is 11.9 Å². The summed E-state index contributed by atoms with van der Waals surface area (Å²) in [5.41, 5.74) is 5.43. The minimum atomic E-state index is 0.938. The number of pyridine rings is 2. The highest BCUT2D eigenvalue weighted by Gasteiger charge is 2.07. The van der Waals surface area contributed by atoms with Gasteiger partial charge in [-0.2, -0.15) is 0 Å². The predicted octanol–water partition coefficient (Wildman–Crippen LogP) is 4.79. The molecule has 3 heterocycles. The van der Waals surface area contributed by atoms with Gasteiger partial charge >= 0.3 is 0 Å². The van der Waals surface area contributed by atoms with Gasteiger partial charge in [-0.05, 0) is 53.8 Å². The quantitative estimate of drug-likeness (QED) is 0.509. The van der Waals surface area contributed by atoms with E-state index in [0.29, 0.717) is 0 Å². The second kappa shape index (κ2) is 5.89. The van der Waals surface area contributed by atoms with Crippen LogP contribution in [0.1, 0.15) is 0 Å². The maximum absolute atomic E-state index is 4.49. The SMILES string of the molecule is CSc1ccc(-c2ccc3ncc(-c4cccnc4)n3c2)cc1. The van der Waals surface area contributed by atoms with E-state index in [-0.39, 0.29) is 0 Å². The Balaban J connectivity index is 1.83. The first kappa shape index (κ1) is 14.0. The second-order valence-corrected chi connectivity index (χ2v) is 6.14. The zero-order valence-electron chi connectivity index (χ0n) is 12.7. The Labute approximate surface area is 139 Å². The van der Waals surface area contributed by atoms with Crippen LogP contribution in [0.4, 0.5) is 0 Å². The minimum Gasteiger partial charge on any atom is -0.299 e. The standard InChI is InChI=1S/C19H15N3S/c1-23-17-7-4-14(5-8-17)16-6-9-19-21-12-18(22(19)13-16)15-3-2-10-20-11-15/h2-13H,1H3. The van der Waals surface area contributed by atoms with Crippen molar-refractivity contribution in [1.82, 2.24) is 14.4 Å². The molecule has 0 radical (unpaired) electrons. The number of hydrogen-bond acceptors (Lipinski definition) is 3. The molecule has 23 heavy (non-hydrogen) atoms. The Kier molecular flexibility index (Phi) is 3.60. The van der Waals surface area contributed by atoms with Crippen LogP contribution in [-0.2, 0) is 0 Å². The number of nitrogens with zero attached hydrogens (tertiary/aromatic N) is 3. The number of fused-ring (bicyclic) bond motifs is 1. The van der Waals surface area contributed by atoms with E-state index in [4.69, 9.17) is 0 Å². The lowest BCUT2D eigenvalue weighted by molar-refractivity contribution is 1.18. The maximum atomic E-state index is 4.49. The average molecular weight is 317 g/mol. The third-order valence-electron chi connectivity index (χ3n) is 3.89. The van der Waals surface area contributed by atoms with E-state index in [1.165, 1.54) is 16.0 Å². The second-order valence-electron chi connectivity index (χ2n) is 5.26. The Morgan fingerprint density at radius 1 is 0.870 bits per heavy atom. The van der Waals surface area contributed by atoms with Gasteiger partial charge in [0.2, 0.25) is 0 Å². The Hall–Kier alpha value is -2.59. The first-order valence-electron chi connectivity index (χ1n) is 7.37. The number of rotatable bonds is 3. The molecule has 112 valence electrons. The lowest BCUT2D eigenvalue weighted by atomic mass is 10.1. The molecule has 4 rings (SSSR count). The van der Waals surface area contributed by atoms with Crippen molar-refractivity contribution in [2.75, 3.05) is 6.26 Å². The molecule has 0 saturated heterocycles. The molecule has 0 bridgehead atoms. The number of thioether (sulfide) groups is 1. The molecular weight excluding hydrogens is 302 g/mol. The van der Waals surface area contributed by atoms with E-state index < -0.39 is 0 Å². The first-order valence-corrected chi connectivity index (χ1v) is 8.59. The molecule has 0 aliphatic rings. The van der Waals surface area contributed by atoms with Crippen LogP contribution in [0.25, 0.3) is 28.0 Å². The van der Waals surface area contributed by atoms with E-state index in [1.807, 2.05) is 18.5 Å². The van der Waals surface area contributed by atoms with Gasteiger partial charge in [-0.3, -0.25) is 9.38 Å². The minimum absolute atomic E-state index is 0.938. The van der Waals surface area contributed by atoms with Gasteiger partial charge in [-0.1, -0.05) is 12.1 Å². The van der Waals surface area contributed by atoms with E-state index in [9.17, 15) is 0 Å². The molecule has 0 spiro atoms. The molecule has 0 N–H and O–H groups in total. The molecular formula is C19H15N3S. The molecule has 4 heteroatoms. The number of benzene rings is 1. The van der Waals surface area contributed by atoms with E-state index in [0.717, 1.165) is 16.9 Å². The van der Waals surface area contributed by atoms with Crippen LogP contribution in [0.5, 0.6) is 0 Å². The fourth-order valence-electron chi connectivity index (χ4n) is 2.66. The Morgan fingerprint density at radius 3 is 2.43 bits per heavy atom. The highest BCUT2D eigenvalue weighted by Crippen LogP contribution is 2.26. The first-order chi connectivity index (χ1) is 11.3. The summed E-state index contributed by atoms with van der Waals surface area (Å²) in [6, 6.07) is 16.8. The van der Waals surface area contributed by atoms with Gasteiger partial charge < -0.3 is 0 Å². The van der Waals surface area contributed by atoms with Crippen molar-refractivity contribution in [1.29, 1.82) is 0 Å². The summed E-state index contributed by atoms with van der Waals surface area (Å²) in [5.74, 6) is 0. The molecule has 0 amide bonds. The van der Waals surface area contributed by atoms with E-state index in [2.05, 4.69) is 69.3 Å². The molecule has 0 saturated carbocycles. The summed E-state index contributed by atoms with van der Waals surface area (Å²) in [5, 5.41) is 0. The van der Waals surface area contributed by atoms with Crippen LogP contribution in [0.2, 0.25) is 0 Å². The fourth-order valence-corrected chi connectivity index (χ4v) is 3.07. The molecule has 3 nitrogen and oxygen atoms in total. The van der Waals surface area contributed by atoms with Gasteiger partial charge in [0.25, 0.3) is 0 Å². The molecule has 1 aromatic carbocycles. The van der Waals surface area contributed by atoms with Crippen molar-refractivity contribution in [3.8, 4) is 22.4 Å². The topological polar surface area (TPSA) is 30.2 Å². The van der Waals surface area contributed by atoms with Crippen molar-refractivity contribution < 1.29 is 0 Å². The molecule has 0 aliphatic carbocycles. The molecule has 3 aromatic heterocycles. The average Bonchev–Trinajstić information content (AvgIpc) is 3.05. The zero-order chi connectivity index (χ0) is 15.6. The van der Waals surface area contributed by atoms with Gasteiger partial charge in [-0.15, -0.1) is 11.8 Å². The Morgan fingerprint density at radius 2 is 1.70 bits per heavy atom. The summed E-state index contributed by atoms with van der Waals surface area (Å²) in [6.45, 7) is 0. The summed E-state index contributed by atoms with van der Waals surface area (Å²) in [7, 11) is 0. The Bertz CT molecular complexity index is 943. The normalized spacial score (nSPS) is 11.0. The molecule has 0 aliphatic heterocycles. The molecule has 0 unspecified atom stereocenters.